The minimum atomic E-state index is -4.55. The molecule has 26 heavy (non-hydrogen) atoms. The standard InChI is InChI=1S/C18H14F3NO4/c1-26-15-10-11(6-8-13(15)18(19,20)21)7-9-16(23)22-14-5-3-2-4-12(14)17(24)25/h2-10H,1H3,(H,22,23)(H,24,25)/b9-7+. The predicted octanol–water partition coefficient (Wildman–Crippen LogP) is 4.06. The second-order valence-corrected chi connectivity index (χ2v) is 5.13. The molecule has 0 aliphatic heterocycles. The van der Waals surface area contributed by atoms with Crippen molar-refractivity contribution in [2.45, 2.75) is 6.18 Å². The summed E-state index contributed by atoms with van der Waals surface area (Å²) in [7, 11) is 1.12. The van der Waals surface area contributed by atoms with Crippen molar-refractivity contribution < 1.29 is 32.6 Å². The second-order valence-electron chi connectivity index (χ2n) is 5.13. The number of rotatable bonds is 5. The number of halogens is 3. The van der Waals surface area contributed by atoms with Crippen LogP contribution in [0.3, 0.4) is 0 Å². The summed E-state index contributed by atoms with van der Waals surface area (Å²) in [6.07, 6.45) is -2.17. The van der Waals surface area contributed by atoms with Gasteiger partial charge in [-0.05, 0) is 35.9 Å². The number of carboxylic acid groups (broad SMARTS) is 1. The summed E-state index contributed by atoms with van der Waals surface area (Å²) in [5, 5.41) is 11.5. The van der Waals surface area contributed by atoms with Crippen LogP contribution in [0, 0.1) is 0 Å². The van der Waals surface area contributed by atoms with E-state index in [4.69, 9.17) is 9.84 Å². The smallest absolute Gasteiger partial charge is 0.419 e. The summed E-state index contributed by atoms with van der Waals surface area (Å²) in [6.45, 7) is 0. The topological polar surface area (TPSA) is 75.6 Å². The molecule has 5 nitrogen and oxygen atoms in total. The average molecular weight is 365 g/mol. The molecule has 2 aromatic carbocycles. The number of aromatic carboxylic acids is 1. The predicted molar refractivity (Wildman–Crippen MR) is 89.1 cm³/mol. The molecule has 0 aliphatic rings. The van der Waals surface area contributed by atoms with E-state index in [1.54, 1.807) is 6.07 Å². The Morgan fingerprint density at radius 2 is 1.85 bits per heavy atom. The molecule has 0 fully saturated rings. The van der Waals surface area contributed by atoms with Crippen LogP contribution in [0.25, 0.3) is 6.08 Å². The molecule has 8 heteroatoms. The Bertz CT molecular complexity index is 860. The summed E-state index contributed by atoms with van der Waals surface area (Å²) < 4.78 is 43.2. The SMILES string of the molecule is COc1cc(/C=C/C(=O)Nc2ccccc2C(=O)O)ccc1C(F)(F)F. The number of amides is 1. The monoisotopic (exact) mass is 365 g/mol. The van der Waals surface area contributed by atoms with Gasteiger partial charge < -0.3 is 15.2 Å². The van der Waals surface area contributed by atoms with Crippen molar-refractivity contribution in [1.29, 1.82) is 0 Å². The van der Waals surface area contributed by atoms with E-state index >= 15 is 0 Å². The lowest BCUT2D eigenvalue weighted by atomic mass is 10.1. The minimum Gasteiger partial charge on any atom is -0.496 e. The number of nitrogens with one attached hydrogen (secondary N) is 1. The van der Waals surface area contributed by atoms with Gasteiger partial charge in [0, 0.05) is 6.08 Å². The third kappa shape index (κ3) is 4.62. The highest BCUT2D eigenvalue weighted by atomic mass is 19.4. The Hall–Kier alpha value is -3.29. The van der Waals surface area contributed by atoms with Gasteiger partial charge in [0.05, 0.1) is 23.9 Å². The maximum absolute atomic E-state index is 12.8. The quantitative estimate of drug-likeness (QED) is 0.784. The number of carboxylic acids is 1. The van der Waals surface area contributed by atoms with E-state index in [0.717, 1.165) is 25.3 Å². The van der Waals surface area contributed by atoms with Crippen LogP contribution in [0.15, 0.2) is 48.5 Å². The number of methoxy groups -OCH3 is 1. The van der Waals surface area contributed by atoms with Crippen molar-refractivity contribution in [2.75, 3.05) is 12.4 Å². The Labute approximate surface area is 146 Å². The molecule has 0 aromatic heterocycles. The minimum absolute atomic E-state index is 0.0783. The van der Waals surface area contributed by atoms with Gasteiger partial charge in [0.2, 0.25) is 5.91 Å². The zero-order valence-corrected chi connectivity index (χ0v) is 13.5. The number of hydrogen-bond donors (Lipinski definition) is 2. The molecule has 2 aromatic rings. The number of anilines is 1. The lowest BCUT2D eigenvalue weighted by Crippen LogP contribution is -2.11. The van der Waals surface area contributed by atoms with E-state index in [1.165, 1.54) is 30.3 Å². The van der Waals surface area contributed by atoms with E-state index in [1.807, 2.05) is 0 Å². The van der Waals surface area contributed by atoms with Crippen LogP contribution in [-0.4, -0.2) is 24.1 Å². The number of para-hydroxylation sites is 1. The summed E-state index contributed by atoms with van der Waals surface area (Å²) in [5.41, 5.74) is -0.571. The van der Waals surface area contributed by atoms with Crippen LogP contribution in [0.4, 0.5) is 18.9 Å². The van der Waals surface area contributed by atoms with Crippen molar-refractivity contribution in [3.63, 3.8) is 0 Å². The van der Waals surface area contributed by atoms with Crippen molar-refractivity contribution in [3.8, 4) is 5.75 Å². The first-order chi connectivity index (χ1) is 12.2. The lowest BCUT2D eigenvalue weighted by Gasteiger charge is -2.12. The van der Waals surface area contributed by atoms with Gasteiger partial charge in [0.1, 0.15) is 5.75 Å². The zero-order valence-electron chi connectivity index (χ0n) is 13.5. The molecule has 0 spiro atoms. The molecule has 0 atom stereocenters. The van der Waals surface area contributed by atoms with E-state index in [-0.39, 0.29) is 17.0 Å². The Balaban J connectivity index is 2.17. The van der Waals surface area contributed by atoms with E-state index in [0.29, 0.717) is 5.56 Å². The molecular weight excluding hydrogens is 351 g/mol. The average Bonchev–Trinajstić information content (AvgIpc) is 2.59. The second kappa shape index (κ2) is 7.73. The molecule has 2 N–H and O–H groups in total. The number of carbonyl (C=O) groups is 2. The maximum Gasteiger partial charge on any atom is 0.419 e. The van der Waals surface area contributed by atoms with Crippen LogP contribution in [-0.2, 0) is 11.0 Å². The Morgan fingerprint density at radius 1 is 1.15 bits per heavy atom. The number of carbonyl (C=O) groups excluding carboxylic acids is 1. The van der Waals surface area contributed by atoms with E-state index in [9.17, 15) is 22.8 Å². The fourth-order valence-electron chi connectivity index (χ4n) is 2.17. The number of alkyl halides is 3. The molecule has 0 bridgehead atoms. The zero-order chi connectivity index (χ0) is 19.3. The molecule has 136 valence electrons. The third-order valence-corrected chi connectivity index (χ3v) is 3.37. The maximum atomic E-state index is 12.8. The summed E-state index contributed by atoms with van der Waals surface area (Å²) in [5.74, 6) is -2.19. The highest BCUT2D eigenvalue weighted by molar-refractivity contribution is 6.06. The van der Waals surface area contributed by atoms with Gasteiger partial charge in [-0.2, -0.15) is 13.2 Å². The molecule has 2 rings (SSSR count). The van der Waals surface area contributed by atoms with Crippen LogP contribution >= 0.6 is 0 Å². The van der Waals surface area contributed by atoms with Crippen LogP contribution in [0.1, 0.15) is 21.5 Å². The molecule has 0 saturated carbocycles. The lowest BCUT2D eigenvalue weighted by molar-refractivity contribution is -0.138. The fourth-order valence-corrected chi connectivity index (χ4v) is 2.17. The van der Waals surface area contributed by atoms with E-state index < -0.39 is 23.6 Å². The first kappa shape index (κ1) is 19.0. The summed E-state index contributed by atoms with van der Waals surface area (Å²) in [4.78, 5) is 23.0. The van der Waals surface area contributed by atoms with Gasteiger partial charge in [-0.3, -0.25) is 4.79 Å². The number of benzene rings is 2. The first-order valence-electron chi connectivity index (χ1n) is 7.29. The molecule has 0 radical (unpaired) electrons. The van der Waals surface area contributed by atoms with Crippen molar-refractivity contribution in [1.82, 2.24) is 0 Å². The molecule has 1 amide bonds. The van der Waals surface area contributed by atoms with Crippen LogP contribution < -0.4 is 10.1 Å². The van der Waals surface area contributed by atoms with Gasteiger partial charge in [-0.25, -0.2) is 4.79 Å². The molecule has 0 saturated heterocycles. The summed E-state index contributed by atoms with van der Waals surface area (Å²) in [6, 6.07) is 9.04. The number of hydrogen-bond acceptors (Lipinski definition) is 3. The van der Waals surface area contributed by atoms with Gasteiger partial charge in [0.25, 0.3) is 0 Å². The Morgan fingerprint density at radius 3 is 2.46 bits per heavy atom. The van der Waals surface area contributed by atoms with Crippen LogP contribution in [0.2, 0.25) is 0 Å². The van der Waals surface area contributed by atoms with Gasteiger partial charge >= 0.3 is 12.1 Å². The van der Waals surface area contributed by atoms with E-state index in [2.05, 4.69) is 5.32 Å². The largest absolute Gasteiger partial charge is 0.496 e. The number of ether oxygens (including phenoxy) is 1. The van der Waals surface area contributed by atoms with Gasteiger partial charge in [-0.15, -0.1) is 0 Å². The highest BCUT2D eigenvalue weighted by Gasteiger charge is 2.34. The highest BCUT2D eigenvalue weighted by Crippen LogP contribution is 2.36. The van der Waals surface area contributed by atoms with Crippen molar-refractivity contribution in [2.24, 2.45) is 0 Å². The summed E-state index contributed by atoms with van der Waals surface area (Å²) >= 11 is 0. The molecule has 0 aliphatic carbocycles. The third-order valence-electron chi connectivity index (χ3n) is 3.37. The Kier molecular flexibility index (Phi) is 5.66. The van der Waals surface area contributed by atoms with Crippen molar-refractivity contribution >= 4 is 23.6 Å². The van der Waals surface area contributed by atoms with Crippen molar-refractivity contribution in [3.05, 3.63) is 65.2 Å². The fraction of sp³-hybridized carbons (Fsp3) is 0.111. The molecule has 0 heterocycles. The van der Waals surface area contributed by atoms with Gasteiger partial charge in [0.15, 0.2) is 0 Å². The van der Waals surface area contributed by atoms with Gasteiger partial charge in [-0.1, -0.05) is 18.2 Å². The molecular formula is C18H14F3NO4. The molecule has 0 unspecified atom stereocenters. The van der Waals surface area contributed by atoms with Crippen LogP contribution in [0.5, 0.6) is 5.75 Å². The normalized spacial score (nSPS) is 11.4. The first-order valence-corrected chi connectivity index (χ1v) is 7.29.